The number of carbonyl (C=O) groups is 3. The fourth-order valence-electron chi connectivity index (χ4n) is 6.56. The van der Waals surface area contributed by atoms with E-state index in [2.05, 4.69) is 19.1 Å². The predicted octanol–water partition coefficient (Wildman–Crippen LogP) is 10.4. The zero-order valence-corrected chi connectivity index (χ0v) is 32.5. The standard InChI is InChI=1S/C43H63F3O8/c1-4-5-6-7-8-9-10-11-12-13-14-15-18-21-29-51-42(50)26-20-17-16-19-25-39-38(40(49)31-41(39)54-34(3)48)28-27-37(53-33(2)47)32-52-36-24-22-23-35(30-36)43(44,45)46/h9-10,16,19,22-24,27-28,30,37-41,49H,4-8,11-15,17-18,20-21,25-26,29,31-32H2,1-3H3/b10-9+,19-16-,28-27+/t37-,38-,39-,40-,41+/m1/s1. The van der Waals surface area contributed by atoms with Crippen molar-refractivity contribution in [3.8, 4) is 5.75 Å². The average Bonchev–Trinajstić information content (AvgIpc) is 3.40. The van der Waals surface area contributed by atoms with Crippen LogP contribution in [0.1, 0.15) is 135 Å². The minimum absolute atomic E-state index is 0.0363. The molecule has 1 fully saturated rings. The summed E-state index contributed by atoms with van der Waals surface area (Å²) in [4.78, 5) is 35.8. The van der Waals surface area contributed by atoms with E-state index in [1.54, 1.807) is 6.08 Å². The molecule has 54 heavy (non-hydrogen) atoms. The summed E-state index contributed by atoms with van der Waals surface area (Å²) in [5.41, 5.74) is -0.866. The lowest BCUT2D eigenvalue weighted by molar-refractivity contribution is -0.148. The van der Waals surface area contributed by atoms with Gasteiger partial charge in [0.2, 0.25) is 0 Å². The molecule has 0 amide bonds. The van der Waals surface area contributed by atoms with E-state index in [0.29, 0.717) is 32.3 Å². The number of esters is 3. The summed E-state index contributed by atoms with van der Waals surface area (Å²) < 4.78 is 61.1. The highest BCUT2D eigenvalue weighted by Gasteiger charge is 2.42. The monoisotopic (exact) mass is 764 g/mol. The van der Waals surface area contributed by atoms with Gasteiger partial charge in [-0.1, -0.05) is 88.3 Å². The Bertz CT molecular complexity index is 1310. The molecule has 1 aromatic carbocycles. The van der Waals surface area contributed by atoms with Crippen LogP contribution in [0.25, 0.3) is 0 Å². The van der Waals surface area contributed by atoms with Crippen LogP contribution < -0.4 is 4.74 Å². The highest BCUT2D eigenvalue weighted by molar-refractivity contribution is 5.69. The Kier molecular flexibility index (Phi) is 23.3. The molecular weight excluding hydrogens is 701 g/mol. The third-order valence-electron chi connectivity index (χ3n) is 9.39. The number of unbranched alkanes of at least 4 members (excludes halogenated alkanes) is 11. The topological polar surface area (TPSA) is 108 Å². The number of hydrogen-bond donors (Lipinski definition) is 1. The highest BCUT2D eigenvalue weighted by atomic mass is 19.4. The van der Waals surface area contributed by atoms with Gasteiger partial charge in [0.25, 0.3) is 0 Å². The van der Waals surface area contributed by atoms with Gasteiger partial charge in [0.05, 0.1) is 18.3 Å². The first-order chi connectivity index (χ1) is 25.9. The summed E-state index contributed by atoms with van der Waals surface area (Å²) in [6.45, 7) is 4.94. The van der Waals surface area contributed by atoms with E-state index in [0.717, 1.165) is 37.8 Å². The normalized spacial score (nSPS) is 19.5. The third kappa shape index (κ3) is 20.7. The minimum Gasteiger partial charge on any atom is -0.489 e. The molecule has 1 aliphatic carbocycles. The van der Waals surface area contributed by atoms with E-state index >= 15 is 0 Å². The van der Waals surface area contributed by atoms with Crippen molar-refractivity contribution in [2.45, 2.75) is 154 Å². The van der Waals surface area contributed by atoms with Crippen LogP contribution in [0, 0.1) is 11.8 Å². The molecular formula is C43H63F3O8. The zero-order valence-electron chi connectivity index (χ0n) is 32.5. The Morgan fingerprint density at radius 3 is 2.19 bits per heavy atom. The molecule has 0 radical (unpaired) electrons. The van der Waals surface area contributed by atoms with Gasteiger partial charge in [-0.3, -0.25) is 14.4 Å². The molecule has 1 aromatic rings. The molecule has 0 unspecified atom stereocenters. The van der Waals surface area contributed by atoms with Crippen LogP contribution in [0.3, 0.4) is 0 Å². The lowest BCUT2D eigenvalue weighted by Crippen LogP contribution is -2.25. The molecule has 0 saturated heterocycles. The van der Waals surface area contributed by atoms with E-state index in [-0.39, 0.29) is 30.7 Å². The lowest BCUT2D eigenvalue weighted by atomic mass is 9.89. The number of carbonyl (C=O) groups excluding carboxylic acids is 3. The lowest BCUT2D eigenvalue weighted by Gasteiger charge is -2.22. The van der Waals surface area contributed by atoms with Crippen molar-refractivity contribution in [1.29, 1.82) is 0 Å². The summed E-state index contributed by atoms with van der Waals surface area (Å²) >= 11 is 0. The van der Waals surface area contributed by atoms with Gasteiger partial charge in [-0.15, -0.1) is 0 Å². The van der Waals surface area contributed by atoms with Crippen LogP contribution in [0.4, 0.5) is 13.2 Å². The molecule has 304 valence electrons. The number of benzene rings is 1. The second-order valence-corrected chi connectivity index (χ2v) is 14.1. The number of alkyl halides is 3. The van der Waals surface area contributed by atoms with Gasteiger partial charge in [0.1, 0.15) is 18.5 Å². The quantitative estimate of drug-likeness (QED) is 0.0408. The first kappa shape index (κ1) is 46.6. The predicted molar refractivity (Wildman–Crippen MR) is 204 cm³/mol. The Balaban J connectivity index is 1.74. The molecule has 1 aliphatic rings. The van der Waals surface area contributed by atoms with Gasteiger partial charge in [0, 0.05) is 38.5 Å². The van der Waals surface area contributed by atoms with Gasteiger partial charge in [-0.05, 0) is 75.6 Å². The van der Waals surface area contributed by atoms with E-state index < -0.39 is 47.9 Å². The number of halogens is 3. The smallest absolute Gasteiger partial charge is 0.416 e. The summed E-state index contributed by atoms with van der Waals surface area (Å²) in [6.07, 6.45) is 21.5. The highest BCUT2D eigenvalue weighted by Crippen LogP contribution is 2.38. The summed E-state index contributed by atoms with van der Waals surface area (Å²) in [5.74, 6) is -2.07. The van der Waals surface area contributed by atoms with Crippen molar-refractivity contribution in [3.63, 3.8) is 0 Å². The number of allylic oxidation sites excluding steroid dienone is 4. The first-order valence-electron chi connectivity index (χ1n) is 19.9. The van der Waals surface area contributed by atoms with Crippen molar-refractivity contribution in [1.82, 2.24) is 0 Å². The van der Waals surface area contributed by atoms with Gasteiger partial charge in [-0.2, -0.15) is 13.2 Å². The van der Waals surface area contributed by atoms with Crippen molar-refractivity contribution in [2.24, 2.45) is 11.8 Å². The van der Waals surface area contributed by atoms with Crippen LogP contribution in [-0.2, 0) is 34.8 Å². The maximum Gasteiger partial charge on any atom is 0.416 e. The molecule has 0 bridgehead atoms. The second-order valence-electron chi connectivity index (χ2n) is 14.1. The van der Waals surface area contributed by atoms with Crippen molar-refractivity contribution in [2.75, 3.05) is 13.2 Å². The molecule has 2 rings (SSSR count). The molecule has 8 nitrogen and oxygen atoms in total. The van der Waals surface area contributed by atoms with Crippen molar-refractivity contribution >= 4 is 17.9 Å². The molecule has 0 aliphatic heterocycles. The summed E-state index contributed by atoms with van der Waals surface area (Å²) in [6, 6.07) is 4.40. The average molecular weight is 765 g/mol. The van der Waals surface area contributed by atoms with E-state index in [1.807, 2.05) is 12.2 Å². The maximum atomic E-state index is 13.1. The number of rotatable bonds is 27. The molecule has 0 spiro atoms. The molecule has 0 aromatic heterocycles. The largest absolute Gasteiger partial charge is 0.489 e. The SMILES string of the molecule is CCCCCC/C=C/CCCCCCCCOC(=O)CCC/C=C\C[C@@H]1[C@@H](/C=C/[C@H](COc2cccc(C(F)(F)F)c2)OC(C)=O)[C@H](O)C[C@@H]1OC(C)=O. The molecule has 0 heterocycles. The fraction of sp³-hybridized carbons (Fsp3) is 0.651. The Hall–Kier alpha value is -3.60. The number of hydrogen-bond acceptors (Lipinski definition) is 8. The Labute approximate surface area is 320 Å². The maximum absolute atomic E-state index is 13.1. The molecule has 11 heteroatoms. The van der Waals surface area contributed by atoms with Crippen molar-refractivity contribution < 1.29 is 51.6 Å². The summed E-state index contributed by atoms with van der Waals surface area (Å²) in [5, 5.41) is 10.9. The van der Waals surface area contributed by atoms with Gasteiger partial charge >= 0.3 is 24.1 Å². The molecule has 1 N–H and O–H groups in total. The van der Waals surface area contributed by atoms with E-state index in [1.165, 1.54) is 83.4 Å². The van der Waals surface area contributed by atoms with Gasteiger partial charge in [-0.25, -0.2) is 0 Å². The number of aliphatic hydroxyl groups excluding tert-OH is 1. The Morgan fingerprint density at radius 1 is 0.870 bits per heavy atom. The third-order valence-corrected chi connectivity index (χ3v) is 9.39. The van der Waals surface area contributed by atoms with E-state index in [9.17, 15) is 32.7 Å². The number of ether oxygens (including phenoxy) is 4. The Morgan fingerprint density at radius 2 is 1.52 bits per heavy atom. The van der Waals surface area contributed by atoms with Crippen LogP contribution in [0.15, 0.2) is 60.7 Å². The molecule has 5 atom stereocenters. The van der Waals surface area contributed by atoms with Gasteiger partial charge < -0.3 is 24.1 Å². The molecule has 1 saturated carbocycles. The minimum atomic E-state index is -4.54. The van der Waals surface area contributed by atoms with Gasteiger partial charge in [0.15, 0.2) is 6.10 Å². The summed E-state index contributed by atoms with van der Waals surface area (Å²) in [7, 11) is 0. The fourth-order valence-corrected chi connectivity index (χ4v) is 6.56. The van der Waals surface area contributed by atoms with E-state index in [4.69, 9.17) is 18.9 Å². The number of aliphatic hydroxyl groups is 1. The second kappa shape index (κ2) is 27.1. The van der Waals surface area contributed by atoms with Crippen LogP contribution in [0.5, 0.6) is 5.75 Å². The van der Waals surface area contributed by atoms with Crippen LogP contribution in [-0.4, -0.2) is 54.5 Å². The van der Waals surface area contributed by atoms with Crippen LogP contribution >= 0.6 is 0 Å². The van der Waals surface area contributed by atoms with Crippen molar-refractivity contribution in [3.05, 3.63) is 66.3 Å². The van der Waals surface area contributed by atoms with Crippen LogP contribution in [0.2, 0.25) is 0 Å². The zero-order chi connectivity index (χ0) is 39.6. The first-order valence-corrected chi connectivity index (χ1v) is 19.9.